The first-order valence-electron chi connectivity index (χ1n) is 10.5. The van der Waals surface area contributed by atoms with Crippen LogP contribution in [0.3, 0.4) is 0 Å². The van der Waals surface area contributed by atoms with E-state index in [9.17, 15) is 14.7 Å². The third kappa shape index (κ3) is 2.77. The van der Waals surface area contributed by atoms with Gasteiger partial charge in [0.05, 0.1) is 12.0 Å². The molecule has 2 aliphatic rings. The summed E-state index contributed by atoms with van der Waals surface area (Å²) in [6, 6.07) is 5.70. The highest BCUT2D eigenvalue weighted by molar-refractivity contribution is 5.99. The van der Waals surface area contributed by atoms with Crippen molar-refractivity contribution in [2.24, 2.45) is 5.41 Å². The van der Waals surface area contributed by atoms with Gasteiger partial charge in [-0.05, 0) is 36.8 Å². The fourth-order valence-corrected chi connectivity index (χ4v) is 5.02. The molecule has 1 aromatic carbocycles. The molecule has 5 rings (SSSR count). The van der Waals surface area contributed by atoms with E-state index in [4.69, 9.17) is 4.42 Å². The fraction of sp³-hybridized carbons (Fsp3) is 0.417. The summed E-state index contributed by atoms with van der Waals surface area (Å²) in [6.45, 7) is 8.44. The van der Waals surface area contributed by atoms with Crippen LogP contribution in [0.4, 0.5) is 5.69 Å². The van der Waals surface area contributed by atoms with Crippen molar-refractivity contribution in [2.75, 3.05) is 18.0 Å². The number of carboxylic acids is 1. The zero-order valence-corrected chi connectivity index (χ0v) is 17.6. The Kier molecular flexibility index (Phi) is 4.10. The molecule has 6 nitrogen and oxygen atoms in total. The molecule has 0 aliphatic carbocycles. The lowest BCUT2D eigenvalue weighted by atomic mass is 9.78. The van der Waals surface area contributed by atoms with Gasteiger partial charge in [-0.3, -0.25) is 4.79 Å². The Hall–Kier alpha value is -3.02. The van der Waals surface area contributed by atoms with Crippen molar-refractivity contribution in [3.63, 3.8) is 0 Å². The maximum absolute atomic E-state index is 12.6. The maximum Gasteiger partial charge on any atom is 0.341 e. The molecule has 3 aromatic rings. The van der Waals surface area contributed by atoms with E-state index in [1.807, 2.05) is 10.6 Å². The van der Waals surface area contributed by atoms with Gasteiger partial charge in [0.2, 0.25) is 0 Å². The van der Waals surface area contributed by atoms with Crippen LogP contribution in [-0.4, -0.2) is 28.7 Å². The summed E-state index contributed by atoms with van der Waals surface area (Å²) >= 11 is 0. The van der Waals surface area contributed by atoms with Crippen LogP contribution in [0.2, 0.25) is 0 Å². The lowest BCUT2D eigenvalue weighted by Crippen LogP contribution is -2.33. The monoisotopic (exact) mass is 406 g/mol. The first-order chi connectivity index (χ1) is 14.3. The van der Waals surface area contributed by atoms with Crippen molar-refractivity contribution in [1.29, 1.82) is 0 Å². The van der Waals surface area contributed by atoms with E-state index in [2.05, 4.69) is 31.7 Å². The van der Waals surface area contributed by atoms with Gasteiger partial charge in [0, 0.05) is 53.6 Å². The number of hydrogen-bond acceptors (Lipinski definition) is 4. The third-order valence-corrected chi connectivity index (χ3v) is 6.59. The predicted molar refractivity (Wildman–Crippen MR) is 117 cm³/mol. The molecule has 1 fully saturated rings. The van der Waals surface area contributed by atoms with Gasteiger partial charge in [-0.2, -0.15) is 0 Å². The summed E-state index contributed by atoms with van der Waals surface area (Å²) in [5, 5.41) is 10.6. The SMILES string of the molecule is CC(C)(C)[C@@H]1Cc2c(cc(N3CCCC3)c3ccoc23)-c2cc(=O)c(C(=O)O)cn21. The Morgan fingerprint density at radius 3 is 2.60 bits per heavy atom. The zero-order chi connectivity index (χ0) is 21.2. The highest BCUT2D eigenvalue weighted by Crippen LogP contribution is 2.47. The van der Waals surface area contributed by atoms with Crippen molar-refractivity contribution in [3.05, 3.63) is 52.0 Å². The summed E-state index contributed by atoms with van der Waals surface area (Å²) in [4.78, 5) is 26.6. The number of carbonyl (C=O) groups is 1. The molecule has 0 bridgehead atoms. The third-order valence-electron chi connectivity index (χ3n) is 6.59. The van der Waals surface area contributed by atoms with E-state index in [1.165, 1.54) is 25.1 Å². The molecule has 4 heterocycles. The standard InChI is InChI=1S/C24H26N2O4/c1-24(2,3)21-11-16-15(19-12-20(27)17(23(28)29)13-26(19)21)10-18(25-7-4-5-8-25)14-6-9-30-22(14)16/h6,9-10,12-13,21H,4-5,7-8,11H2,1-3H3,(H,28,29)/t21-/m0/s1. The van der Waals surface area contributed by atoms with E-state index in [0.717, 1.165) is 53.0 Å². The van der Waals surface area contributed by atoms with E-state index < -0.39 is 11.4 Å². The fourth-order valence-electron chi connectivity index (χ4n) is 5.02. The van der Waals surface area contributed by atoms with Crippen molar-refractivity contribution in [2.45, 2.75) is 46.1 Å². The smallest absolute Gasteiger partial charge is 0.341 e. The molecule has 0 unspecified atom stereocenters. The lowest BCUT2D eigenvalue weighted by molar-refractivity contribution is 0.0693. The Morgan fingerprint density at radius 1 is 1.20 bits per heavy atom. The van der Waals surface area contributed by atoms with Gasteiger partial charge in [-0.15, -0.1) is 0 Å². The Labute approximate surface area is 174 Å². The molecule has 0 saturated carbocycles. The van der Waals surface area contributed by atoms with Crippen LogP contribution in [0.1, 0.15) is 55.6 Å². The second-order valence-corrected chi connectivity index (χ2v) is 9.51. The average molecular weight is 406 g/mol. The van der Waals surface area contributed by atoms with E-state index in [0.29, 0.717) is 0 Å². The average Bonchev–Trinajstić information content (AvgIpc) is 3.37. The van der Waals surface area contributed by atoms with Crippen LogP contribution in [0.25, 0.3) is 22.2 Å². The zero-order valence-electron chi connectivity index (χ0n) is 17.6. The second-order valence-electron chi connectivity index (χ2n) is 9.51. The van der Waals surface area contributed by atoms with Gasteiger partial charge in [-0.1, -0.05) is 20.8 Å². The van der Waals surface area contributed by atoms with Crippen LogP contribution in [-0.2, 0) is 6.42 Å². The first kappa shape index (κ1) is 19.0. The minimum atomic E-state index is -1.19. The second kappa shape index (κ2) is 6.49. The van der Waals surface area contributed by atoms with Crippen LogP contribution in [0.15, 0.2) is 39.9 Å². The Bertz CT molecular complexity index is 1220. The Balaban J connectivity index is 1.83. The van der Waals surface area contributed by atoms with Crippen LogP contribution in [0.5, 0.6) is 0 Å². The molecule has 1 saturated heterocycles. The number of benzene rings is 1. The van der Waals surface area contributed by atoms with Gasteiger partial charge in [0.25, 0.3) is 0 Å². The number of aromatic nitrogens is 1. The van der Waals surface area contributed by atoms with Gasteiger partial charge in [0.1, 0.15) is 11.1 Å². The Morgan fingerprint density at radius 2 is 1.93 bits per heavy atom. The number of rotatable bonds is 2. The number of anilines is 1. The molecule has 156 valence electrons. The van der Waals surface area contributed by atoms with Crippen LogP contribution >= 0.6 is 0 Å². The maximum atomic E-state index is 12.6. The largest absolute Gasteiger partial charge is 0.477 e. The van der Waals surface area contributed by atoms with Gasteiger partial charge in [0.15, 0.2) is 5.43 Å². The molecular weight excluding hydrogens is 380 g/mol. The molecule has 0 radical (unpaired) electrons. The van der Waals surface area contributed by atoms with Gasteiger partial charge < -0.3 is 19.0 Å². The summed E-state index contributed by atoms with van der Waals surface area (Å²) in [5.41, 5.74) is 4.06. The molecular formula is C24H26N2O4. The van der Waals surface area contributed by atoms with E-state index >= 15 is 0 Å². The van der Waals surface area contributed by atoms with Crippen molar-refractivity contribution >= 4 is 22.6 Å². The van der Waals surface area contributed by atoms with Crippen molar-refractivity contribution in [1.82, 2.24) is 4.57 Å². The summed E-state index contributed by atoms with van der Waals surface area (Å²) in [5.74, 6) is -1.19. The van der Waals surface area contributed by atoms with Crippen molar-refractivity contribution < 1.29 is 14.3 Å². The molecule has 2 aromatic heterocycles. The molecule has 6 heteroatoms. The molecule has 2 aliphatic heterocycles. The van der Waals surface area contributed by atoms with Gasteiger partial charge >= 0.3 is 5.97 Å². The highest BCUT2D eigenvalue weighted by atomic mass is 16.4. The molecule has 0 spiro atoms. The lowest BCUT2D eigenvalue weighted by Gasteiger charge is -2.39. The number of aromatic carboxylic acids is 1. The molecule has 1 atom stereocenters. The first-order valence-corrected chi connectivity index (χ1v) is 10.5. The number of carboxylic acid groups (broad SMARTS) is 1. The van der Waals surface area contributed by atoms with Crippen molar-refractivity contribution in [3.8, 4) is 11.3 Å². The number of pyridine rings is 1. The summed E-state index contributed by atoms with van der Waals surface area (Å²) in [6.07, 6.45) is 6.33. The molecule has 1 N–H and O–H groups in total. The highest BCUT2D eigenvalue weighted by Gasteiger charge is 2.35. The van der Waals surface area contributed by atoms with Crippen LogP contribution < -0.4 is 10.3 Å². The quantitative estimate of drug-likeness (QED) is 0.667. The minimum Gasteiger partial charge on any atom is -0.477 e. The topological polar surface area (TPSA) is 75.7 Å². The number of fused-ring (bicyclic) bond motifs is 5. The minimum absolute atomic E-state index is 0.00429. The number of hydrogen-bond donors (Lipinski definition) is 1. The van der Waals surface area contributed by atoms with E-state index in [-0.39, 0.29) is 17.0 Å². The van der Waals surface area contributed by atoms with Crippen LogP contribution in [0, 0.1) is 5.41 Å². The number of furan rings is 1. The predicted octanol–water partition coefficient (Wildman–Crippen LogP) is 4.70. The summed E-state index contributed by atoms with van der Waals surface area (Å²) < 4.78 is 7.97. The molecule has 30 heavy (non-hydrogen) atoms. The van der Waals surface area contributed by atoms with E-state index in [1.54, 1.807) is 6.26 Å². The number of nitrogens with zero attached hydrogens (tertiary/aromatic N) is 2. The normalized spacial score (nSPS) is 18.5. The molecule has 0 amide bonds. The summed E-state index contributed by atoms with van der Waals surface area (Å²) in [7, 11) is 0. The van der Waals surface area contributed by atoms with Gasteiger partial charge in [-0.25, -0.2) is 4.79 Å².